The zero-order valence-corrected chi connectivity index (χ0v) is 12.3. The summed E-state index contributed by atoms with van der Waals surface area (Å²) >= 11 is 0. The molecular formula is C15H14N3O4-. The Kier molecular flexibility index (Phi) is 3.01. The van der Waals surface area contributed by atoms with Crippen LogP contribution >= 0.6 is 0 Å². The third-order valence-electron chi connectivity index (χ3n) is 4.05. The molecule has 7 nitrogen and oxygen atoms in total. The maximum absolute atomic E-state index is 12.2. The molecule has 0 aromatic carbocycles. The third-order valence-corrected chi connectivity index (χ3v) is 4.05. The maximum Gasteiger partial charge on any atom is 0.253 e. The minimum atomic E-state index is -1.39. The van der Waals surface area contributed by atoms with Crippen LogP contribution < -0.4 is 10.4 Å². The Labute approximate surface area is 126 Å². The van der Waals surface area contributed by atoms with Crippen LogP contribution in [0.2, 0.25) is 0 Å². The normalized spacial score (nSPS) is 21.3. The summed E-state index contributed by atoms with van der Waals surface area (Å²) in [6, 6.07) is 3.00. The Hall–Kier alpha value is -2.70. The Morgan fingerprint density at radius 3 is 2.77 bits per heavy atom. The molecule has 0 saturated heterocycles. The summed E-state index contributed by atoms with van der Waals surface area (Å²) in [7, 11) is 0. The number of nitrogens with zero attached hydrogens (tertiary/aromatic N) is 2. The number of aromatic nitrogens is 1. The van der Waals surface area contributed by atoms with Gasteiger partial charge in [0.2, 0.25) is 5.71 Å². The molecule has 7 heteroatoms. The van der Waals surface area contributed by atoms with Crippen molar-refractivity contribution in [2.24, 2.45) is 10.9 Å². The van der Waals surface area contributed by atoms with Crippen LogP contribution in [0.4, 0.5) is 0 Å². The number of hydrogen-bond acceptors (Lipinski definition) is 6. The number of amides is 1. The first-order valence-electron chi connectivity index (χ1n) is 6.84. The molecule has 0 saturated carbocycles. The van der Waals surface area contributed by atoms with Gasteiger partial charge in [-0.2, -0.15) is 0 Å². The average molecular weight is 300 g/mol. The molecule has 3 heterocycles. The molecule has 1 N–H and O–H groups in total. The lowest BCUT2D eigenvalue weighted by molar-refractivity contribution is -0.255. The van der Waals surface area contributed by atoms with Crippen molar-refractivity contribution in [3.05, 3.63) is 29.7 Å². The monoisotopic (exact) mass is 300 g/mol. The second-order valence-corrected chi connectivity index (χ2v) is 5.70. The van der Waals surface area contributed by atoms with Crippen LogP contribution in [-0.4, -0.2) is 28.2 Å². The molecule has 114 valence electrons. The molecule has 0 bridgehead atoms. The molecule has 1 amide bonds. The standard InChI is InChI=1S/C15H15N3O4/c1-7(2)15(3)14(21)17-11(18-15)10-9(13(19)20)6-8-4-5-22-12(8)16-10/h4-7H,1-3H3,(H,19,20)(H,17,18,21)/p-1. The molecule has 0 fully saturated rings. The van der Waals surface area contributed by atoms with Gasteiger partial charge in [0.1, 0.15) is 11.2 Å². The van der Waals surface area contributed by atoms with Gasteiger partial charge in [0, 0.05) is 10.9 Å². The van der Waals surface area contributed by atoms with Gasteiger partial charge in [-0.05, 0) is 25.0 Å². The number of carboxylic acids is 1. The topological polar surface area (TPSA) is 108 Å². The predicted molar refractivity (Wildman–Crippen MR) is 76.3 cm³/mol. The number of nitrogens with one attached hydrogen (secondary N) is 1. The van der Waals surface area contributed by atoms with Crippen molar-refractivity contribution in [1.29, 1.82) is 0 Å². The first-order chi connectivity index (χ1) is 10.3. The summed E-state index contributed by atoms with van der Waals surface area (Å²) in [5.74, 6) is -1.61. The van der Waals surface area contributed by atoms with Crippen molar-refractivity contribution in [2.75, 3.05) is 0 Å². The Balaban J connectivity index is 2.19. The summed E-state index contributed by atoms with van der Waals surface area (Å²) in [5.41, 5.74) is -0.783. The van der Waals surface area contributed by atoms with Crippen molar-refractivity contribution in [3.8, 4) is 0 Å². The van der Waals surface area contributed by atoms with E-state index in [1.54, 1.807) is 13.0 Å². The molecule has 1 unspecified atom stereocenters. The van der Waals surface area contributed by atoms with Crippen LogP contribution in [0.15, 0.2) is 27.8 Å². The first-order valence-corrected chi connectivity index (χ1v) is 6.84. The van der Waals surface area contributed by atoms with E-state index in [1.807, 2.05) is 13.8 Å². The molecule has 3 rings (SSSR count). The lowest BCUT2D eigenvalue weighted by atomic mass is 9.89. The minimum Gasteiger partial charge on any atom is -0.545 e. The zero-order valence-electron chi connectivity index (χ0n) is 12.3. The zero-order chi connectivity index (χ0) is 16.1. The smallest absolute Gasteiger partial charge is 0.253 e. The summed E-state index contributed by atoms with van der Waals surface area (Å²) in [5, 5.41) is 14.5. The van der Waals surface area contributed by atoms with Crippen LogP contribution in [0.25, 0.3) is 11.1 Å². The second-order valence-electron chi connectivity index (χ2n) is 5.70. The highest BCUT2D eigenvalue weighted by atomic mass is 16.4. The van der Waals surface area contributed by atoms with Gasteiger partial charge in [-0.3, -0.25) is 4.79 Å². The fourth-order valence-corrected chi connectivity index (χ4v) is 2.28. The summed E-state index contributed by atoms with van der Waals surface area (Å²) in [6.07, 6.45) is 1.41. The Morgan fingerprint density at radius 2 is 2.18 bits per heavy atom. The van der Waals surface area contributed by atoms with Crippen LogP contribution in [0.5, 0.6) is 0 Å². The van der Waals surface area contributed by atoms with Crippen molar-refractivity contribution in [1.82, 2.24) is 10.3 Å². The molecule has 2 aromatic heterocycles. The molecule has 1 atom stereocenters. The van der Waals surface area contributed by atoms with Crippen molar-refractivity contribution in [2.45, 2.75) is 26.3 Å². The van der Waals surface area contributed by atoms with E-state index in [2.05, 4.69) is 15.3 Å². The molecule has 0 radical (unpaired) electrons. The second kappa shape index (κ2) is 4.66. The highest BCUT2D eigenvalue weighted by molar-refractivity contribution is 6.18. The highest BCUT2D eigenvalue weighted by Crippen LogP contribution is 2.28. The largest absolute Gasteiger partial charge is 0.545 e. The molecule has 22 heavy (non-hydrogen) atoms. The fraction of sp³-hybridized carbons (Fsp3) is 0.333. The first kappa shape index (κ1) is 14.2. The molecular weight excluding hydrogens is 286 g/mol. The van der Waals surface area contributed by atoms with Gasteiger partial charge >= 0.3 is 0 Å². The Morgan fingerprint density at radius 1 is 1.45 bits per heavy atom. The van der Waals surface area contributed by atoms with Gasteiger partial charge < -0.3 is 19.6 Å². The number of fused-ring (bicyclic) bond motifs is 1. The van der Waals surface area contributed by atoms with E-state index in [9.17, 15) is 14.7 Å². The van der Waals surface area contributed by atoms with Gasteiger partial charge in [-0.15, -0.1) is 0 Å². The van der Waals surface area contributed by atoms with E-state index in [0.29, 0.717) is 5.39 Å². The van der Waals surface area contributed by atoms with Crippen molar-refractivity contribution >= 4 is 28.8 Å². The fourth-order valence-electron chi connectivity index (χ4n) is 2.28. The summed E-state index contributed by atoms with van der Waals surface area (Å²) < 4.78 is 5.19. The number of rotatable bonds is 3. The van der Waals surface area contributed by atoms with E-state index in [-0.39, 0.29) is 34.6 Å². The van der Waals surface area contributed by atoms with Crippen LogP contribution in [0.1, 0.15) is 36.8 Å². The third kappa shape index (κ3) is 1.97. The van der Waals surface area contributed by atoms with Gasteiger partial charge in [0.15, 0.2) is 5.84 Å². The minimum absolute atomic E-state index is 0.0418. The number of pyridine rings is 1. The predicted octanol–water partition coefficient (Wildman–Crippen LogP) is 0.482. The van der Waals surface area contributed by atoms with Gasteiger partial charge in [0.25, 0.3) is 5.91 Å². The van der Waals surface area contributed by atoms with Gasteiger partial charge in [-0.1, -0.05) is 13.8 Å². The highest BCUT2D eigenvalue weighted by Gasteiger charge is 2.42. The van der Waals surface area contributed by atoms with E-state index < -0.39 is 11.5 Å². The number of hydrogen-bond donors (Lipinski definition) is 1. The number of carbonyl (C=O) groups excluding carboxylic acids is 2. The number of carboxylic acid groups (broad SMARTS) is 1. The lowest BCUT2D eigenvalue weighted by Crippen LogP contribution is -2.41. The number of carbonyl (C=O) groups is 2. The molecule has 2 aromatic rings. The molecule has 0 spiro atoms. The average Bonchev–Trinajstić information content (AvgIpc) is 3.02. The van der Waals surface area contributed by atoms with Crippen molar-refractivity contribution < 1.29 is 19.1 Å². The number of aliphatic imine (C=N–C) groups is 1. The van der Waals surface area contributed by atoms with Gasteiger partial charge in [-0.25, -0.2) is 9.98 Å². The van der Waals surface area contributed by atoms with E-state index >= 15 is 0 Å². The van der Waals surface area contributed by atoms with Crippen LogP contribution in [-0.2, 0) is 4.79 Å². The van der Waals surface area contributed by atoms with Crippen LogP contribution in [0, 0.1) is 5.92 Å². The molecule has 0 aliphatic carbocycles. The van der Waals surface area contributed by atoms with E-state index in [1.165, 1.54) is 12.3 Å². The quantitative estimate of drug-likeness (QED) is 0.887. The molecule has 1 aliphatic rings. The van der Waals surface area contributed by atoms with E-state index in [4.69, 9.17) is 4.42 Å². The Bertz CT molecular complexity index is 821. The molecule has 1 aliphatic heterocycles. The number of aromatic carboxylic acids is 1. The maximum atomic E-state index is 12.2. The van der Waals surface area contributed by atoms with Gasteiger partial charge in [0.05, 0.1) is 12.2 Å². The van der Waals surface area contributed by atoms with E-state index in [0.717, 1.165) is 0 Å². The number of furan rings is 1. The lowest BCUT2D eigenvalue weighted by Gasteiger charge is -2.21. The summed E-state index contributed by atoms with van der Waals surface area (Å²) in [6.45, 7) is 5.44. The van der Waals surface area contributed by atoms with Crippen LogP contribution in [0.3, 0.4) is 0 Å². The number of amidine groups is 1. The summed E-state index contributed by atoms with van der Waals surface area (Å²) in [4.78, 5) is 32.1. The SMILES string of the molecule is CC(C)C1(C)N=C(c2nc3occc3cc2C(=O)[O-])NC1=O. The van der Waals surface area contributed by atoms with Crippen molar-refractivity contribution in [3.63, 3.8) is 0 Å².